The van der Waals surface area contributed by atoms with Gasteiger partial charge in [-0.15, -0.1) is 0 Å². The number of hydrogen-bond donors (Lipinski definition) is 3. The number of ether oxygens (including phenoxy) is 1. The number of hydrazine groups is 1. The zero-order chi connectivity index (χ0) is 24.2. The minimum atomic E-state index is -0.612. The largest absolute Gasteiger partial charge is 0.467 e. The van der Waals surface area contributed by atoms with Crippen molar-refractivity contribution >= 4 is 17.2 Å². The summed E-state index contributed by atoms with van der Waals surface area (Å²) in [7, 11) is 0. The molecule has 1 heterocycles. The number of nitrogens with one attached hydrogen (secondary N) is 2. The van der Waals surface area contributed by atoms with Crippen LogP contribution in [0.4, 0.5) is 0 Å². The predicted molar refractivity (Wildman–Crippen MR) is 138 cm³/mol. The maximum absolute atomic E-state index is 12.9. The van der Waals surface area contributed by atoms with Crippen LogP contribution < -0.4 is 15.5 Å². The van der Waals surface area contributed by atoms with E-state index in [0.29, 0.717) is 22.7 Å². The van der Waals surface area contributed by atoms with E-state index in [4.69, 9.17) is 4.74 Å². The molecular formula is C26H46N4O3S. The van der Waals surface area contributed by atoms with Crippen molar-refractivity contribution in [2.24, 2.45) is 11.8 Å². The molecule has 0 aromatic carbocycles. The molecule has 0 spiro atoms. The smallest absolute Gasteiger partial charge is 0.277 e. The van der Waals surface area contributed by atoms with Gasteiger partial charge in [0.05, 0.1) is 6.20 Å². The summed E-state index contributed by atoms with van der Waals surface area (Å²) in [5.41, 5.74) is 3.14. The first kappa shape index (κ1) is 27.4. The van der Waals surface area contributed by atoms with Gasteiger partial charge in [-0.3, -0.25) is 10.2 Å². The van der Waals surface area contributed by atoms with Crippen LogP contribution in [-0.4, -0.2) is 59.4 Å². The Morgan fingerprint density at radius 1 is 1.12 bits per heavy atom. The highest BCUT2D eigenvalue weighted by Crippen LogP contribution is 2.29. The fourth-order valence-electron chi connectivity index (χ4n) is 5.19. The van der Waals surface area contributed by atoms with Crippen molar-refractivity contribution in [1.82, 2.24) is 20.7 Å². The number of aliphatic hydroxyl groups excluding tert-OH is 1. The summed E-state index contributed by atoms with van der Waals surface area (Å²) < 4.78 is 5.60. The lowest BCUT2D eigenvalue weighted by Gasteiger charge is -2.24. The van der Waals surface area contributed by atoms with Crippen LogP contribution in [0, 0.1) is 11.8 Å². The lowest BCUT2D eigenvalue weighted by molar-refractivity contribution is 0.0780. The van der Waals surface area contributed by atoms with Gasteiger partial charge in [0, 0.05) is 25.7 Å². The summed E-state index contributed by atoms with van der Waals surface area (Å²) >= 11 is 1.23. The molecule has 0 radical (unpaired) electrons. The second-order valence-corrected chi connectivity index (χ2v) is 11.5. The molecule has 2 saturated carbocycles. The van der Waals surface area contributed by atoms with E-state index in [0.717, 1.165) is 37.8 Å². The highest BCUT2D eigenvalue weighted by atomic mass is 32.1. The summed E-state index contributed by atoms with van der Waals surface area (Å²) in [5, 5.41) is 15.8. The lowest BCUT2D eigenvalue weighted by atomic mass is 10.0. The Bertz CT molecular complexity index is 680. The van der Waals surface area contributed by atoms with Crippen molar-refractivity contribution in [2.45, 2.75) is 103 Å². The van der Waals surface area contributed by atoms with Gasteiger partial charge in [0.15, 0.2) is 0 Å². The molecule has 0 aliphatic heterocycles. The third-order valence-electron chi connectivity index (χ3n) is 7.16. The van der Waals surface area contributed by atoms with E-state index in [1.165, 1.54) is 75.5 Å². The van der Waals surface area contributed by atoms with Gasteiger partial charge in [-0.05, 0) is 37.5 Å². The van der Waals surface area contributed by atoms with Crippen molar-refractivity contribution < 1.29 is 14.6 Å². The molecular weight excluding hydrogens is 448 g/mol. The predicted octanol–water partition coefficient (Wildman–Crippen LogP) is 4.77. The average molecular weight is 495 g/mol. The summed E-state index contributed by atoms with van der Waals surface area (Å²) in [4.78, 5) is 17.7. The Morgan fingerprint density at radius 3 is 2.26 bits per heavy atom. The number of nitrogens with zero attached hydrogens (tertiary/aromatic N) is 2. The van der Waals surface area contributed by atoms with Crippen LogP contribution in [0.5, 0.6) is 5.19 Å². The van der Waals surface area contributed by atoms with Crippen LogP contribution in [0.1, 0.15) is 101 Å². The van der Waals surface area contributed by atoms with Crippen LogP contribution in [0.2, 0.25) is 0 Å². The molecule has 1 aromatic heterocycles. The standard InChI is InChI=1S/C26H46N4O3S/c1-20(2)27-17-23(31)19-33-26-28-18-24(34-26)25(32)29-30(15-7-13-21-9-3-4-10-21)16-8-14-22-11-5-6-12-22/h18,20-23,27,31H,3-17,19H2,1-2H3,(H,29,32). The molecule has 0 bridgehead atoms. The van der Waals surface area contributed by atoms with Gasteiger partial charge in [-0.25, -0.2) is 9.99 Å². The molecule has 2 aliphatic rings. The SMILES string of the molecule is CC(C)NCC(O)COc1ncc(C(=O)NN(CCCC2CCCC2)CCCC2CCCC2)s1. The fourth-order valence-corrected chi connectivity index (χ4v) is 5.85. The first-order valence-electron chi connectivity index (χ1n) is 13.6. The summed E-state index contributed by atoms with van der Waals surface area (Å²) in [6, 6.07) is 0.309. The van der Waals surface area contributed by atoms with Crippen molar-refractivity contribution in [2.75, 3.05) is 26.2 Å². The fraction of sp³-hybridized carbons (Fsp3) is 0.846. The monoisotopic (exact) mass is 494 g/mol. The number of rotatable bonds is 16. The van der Waals surface area contributed by atoms with Crippen LogP contribution in [0.15, 0.2) is 6.20 Å². The molecule has 194 valence electrons. The molecule has 1 unspecified atom stereocenters. The first-order chi connectivity index (χ1) is 16.5. The Kier molecular flexibility index (Phi) is 12.1. The van der Waals surface area contributed by atoms with Gasteiger partial charge in [0.2, 0.25) is 0 Å². The zero-order valence-electron chi connectivity index (χ0n) is 21.3. The van der Waals surface area contributed by atoms with Gasteiger partial charge in [-0.1, -0.05) is 76.6 Å². The van der Waals surface area contributed by atoms with E-state index in [2.05, 4.69) is 20.7 Å². The summed E-state index contributed by atoms with van der Waals surface area (Å²) in [5.74, 6) is 1.64. The van der Waals surface area contributed by atoms with E-state index in [-0.39, 0.29) is 12.5 Å². The van der Waals surface area contributed by atoms with E-state index in [9.17, 15) is 9.90 Å². The number of carbonyl (C=O) groups excluding carboxylic acids is 1. The minimum absolute atomic E-state index is 0.115. The third-order valence-corrected chi connectivity index (χ3v) is 8.07. The highest BCUT2D eigenvalue weighted by Gasteiger charge is 2.19. The number of carbonyl (C=O) groups is 1. The van der Waals surface area contributed by atoms with E-state index < -0.39 is 6.10 Å². The molecule has 7 nitrogen and oxygen atoms in total. The summed E-state index contributed by atoms with van der Waals surface area (Å²) in [6.45, 7) is 6.50. The third kappa shape index (κ3) is 10.2. The molecule has 1 amide bonds. The number of aromatic nitrogens is 1. The molecule has 34 heavy (non-hydrogen) atoms. The number of aliphatic hydroxyl groups is 1. The van der Waals surface area contributed by atoms with Crippen molar-refractivity contribution in [1.29, 1.82) is 0 Å². The molecule has 3 N–H and O–H groups in total. The molecule has 0 saturated heterocycles. The van der Waals surface area contributed by atoms with Crippen LogP contribution in [-0.2, 0) is 0 Å². The van der Waals surface area contributed by atoms with Gasteiger partial charge in [-0.2, -0.15) is 0 Å². The van der Waals surface area contributed by atoms with Gasteiger partial charge >= 0.3 is 0 Å². The maximum atomic E-state index is 12.9. The second kappa shape index (κ2) is 15.0. The molecule has 2 aliphatic carbocycles. The summed E-state index contributed by atoms with van der Waals surface area (Å²) in [6.07, 6.45) is 16.8. The zero-order valence-corrected chi connectivity index (χ0v) is 22.1. The Balaban J connectivity index is 1.44. The Labute approximate surface area is 210 Å². The minimum Gasteiger partial charge on any atom is -0.467 e. The Hall–Kier alpha value is -1.22. The molecule has 1 atom stereocenters. The molecule has 1 aromatic rings. The van der Waals surface area contributed by atoms with E-state index in [1.807, 2.05) is 13.8 Å². The van der Waals surface area contributed by atoms with Crippen LogP contribution in [0.25, 0.3) is 0 Å². The number of amides is 1. The van der Waals surface area contributed by atoms with Gasteiger partial charge in [0.25, 0.3) is 11.1 Å². The Morgan fingerprint density at radius 2 is 1.71 bits per heavy atom. The quantitative estimate of drug-likeness (QED) is 0.287. The van der Waals surface area contributed by atoms with Crippen LogP contribution >= 0.6 is 11.3 Å². The number of hydrogen-bond acceptors (Lipinski definition) is 7. The number of thiazole rings is 1. The van der Waals surface area contributed by atoms with Gasteiger partial charge in [0.1, 0.15) is 17.6 Å². The molecule has 2 fully saturated rings. The van der Waals surface area contributed by atoms with Crippen LogP contribution in [0.3, 0.4) is 0 Å². The van der Waals surface area contributed by atoms with Crippen molar-refractivity contribution in [3.63, 3.8) is 0 Å². The van der Waals surface area contributed by atoms with Crippen molar-refractivity contribution in [3.8, 4) is 5.19 Å². The molecule has 8 heteroatoms. The highest BCUT2D eigenvalue weighted by molar-refractivity contribution is 7.15. The molecule has 3 rings (SSSR count). The second-order valence-electron chi connectivity index (χ2n) is 10.5. The normalized spacial score (nSPS) is 18.3. The lowest BCUT2D eigenvalue weighted by Crippen LogP contribution is -2.43. The van der Waals surface area contributed by atoms with Crippen molar-refractivity contribution in [3.05, 3.63) is 11.1 Å². The van der Waals surface area contributed by atoms with Gasteiger partial charge < -0.3 is 15.2 Å². The first-order valence-corrected chi connectivity index (χ1v) is 14.4. The average Bonchev–Trinajstić information content (AvgIpc) is 3.59. The van der Waals surface area contributed by atoms with E-state index in [1.54, 1.807) is 6.20 Å². The van der Waals surface area contributed by atoms with E-state index >= 15 is 0 Å². The maximum Gasteiger partial charge on any atom is 0.277 e. The topological polar surface area (TPSA) is 86.7 Å².